The maximum absolute atomic E-state index is 12.7. The predicted molar refractivity (Wildman–Crippen MR) is 94.3 cm³/mol. The molecule has 0 N–H and O–H groups in total. The minimum atomic E-state index is -0.587. The van der Waals surface area contributed by atoms with Crippen LogP contribution in [0.5, 0.6) is 0 Å². The van der Waals surface area contributed by atoms with Gasteiger partial charge in [-0.1, -0.05) is 17.7 Å². The molecule has 2 aliphatic heterocycles. The van der Waals surface area contributed by atoms with Gasteiger partial charge in [-0.05, 0) is 30.7 Å². The number of methoxy groups -OCH3 is 1. The Hall–Kier alpha value is -2.51. The highest BCUT2D eigenvalue weighted by Gasteiger charge is 2.20. The van der Waals surface area contributed by atoms with Crippen LogP contribution in [-0.4, -0.2) is 32.8 Å². The molecule has 0 saturated carbocycles. The molecule has 3 heterocycles. The second kappa shape index (κ2) is 7.16. The van der Waals surface area contributed by atoms with Crippen LogP contribution >= 0.6 is 11.6 Å². The SMILES string of the molecule is COCC(C)n1c(=O)nc2n(Cc3ccc(Cl)nc3)cccc-2c1=O. The minimum Gasteiger partial charge on any atom is -0.383 e. The Bertz CT molecular complexity index is 965. The first-order valence-corrected chi connectivity index (χ1v) is 8.10. The first kappa shape index (κ1) is 17.3. The summed E-state index contributed by atoms with van der Waals surface area (Å²) >= 11 is 5.80. The number of pyridine rings is 2. The van der Waals surface area contributed by atoms with Gasteiger partial charge in [0.25, 0.3) is 5.56 Å². The van der Waals surface area contributed by atoms with Crippen molar-refractivity contribution in [2.45, 2.75) is 19.5 Å². The van der Waals surface area contributed by atoms with Gasteiger partial charge >= 0.3 is 5.69 Å². The molecule has 3 rings (SSSR count). The van der Waals surface area contributed by atoms with Gasteiger partial charge in [0.1, 0.15) is 5.15 Å². The molecule has 0 aromatic carbocycles. The van der Waals surface area contributed by atoms with E-state index in [1.54, 1.807) is 42.1 Å². The van der Waals surface area contributed by atoms with Crippen molar-refractivity contribution in [3.8, 4) is 11.4 Å². The summed E-state index contributed by atoms with van der Waals surface area (Å²) in [5.41, 5.74) is 0.305. The Kier molecular flexibility index (Phi) is 4.96. The van der Waals surface area contributed by atoms with E-state index < -0.39 is 11.7 Å². The van der Waals surface area contributed by atoms with Crippen molar-refractivity contribution in [1.29, 1.82) is 0 Å². The molecule has 7 nitrogen and oxygen atoms in total. The molecule has 1 unspecified atom stereocenters. The summed E-state index contributed by atoms with van der Waals surface area (Å²) in [5.74, 6) is 0.341. The first-order chi connectivity index (χ1) is 12.0. The number of hydrogen-bond donors (Lipinski definition) is 0. The molecule has 2 aliphatic rings. The summed E-state index contributed by atoms with van der Waals surface area (Å²) in [6.45, 7) is 2.42. The van der Waals surface area contributed by atoms with Crippen LogP contribution < -0.4 is 11.2 Å². The molecule has 0 amide bonds. The summed E-state index contributed by atoms with van der Waals surface area (Å²) in [6, 6.07) is 6.55. The van der Waals surface area contributed by atoms with Gasteiger partial charge < -0.3 is 9.30 Å². The quantitative estimate of drug-likeness (QED) is 0.648. The van der Waals surface area contributed by atoms with Crippen LogP contribution in [0.3, 0.4) is 0 Å². The van der Waals surface area contributed by atoms with Crippen molar-refractivity contribution < 1.29 is 4.74 Å². The van der Waals surface area contributed by atoms with E-state index in [1.807, 2.05) is 6.07 Å². The molecule has 1 aromatic rings. The highest BCUT2D eigenvalue weighted by atomic mass is 35.5. The molecule has 0 fully saturated rings. The molecule has 0 saturated heterocycles. The second-order valence-corrected chi connectivity index (χ2v) is 6.12. The predicted octanol–water partition coefficient (Wildman–Crippen LogP) is 1.81. The summed E-state index contributed by atoms with van der Waals surface area (Å²) < 4.78 is 7.91. The van der Waals surface area contributed by atoms with Crippen LogP contribution in [0, 0.1) is 0 Å². The Morgan fingerprint density at radius 2 is 2.08 bits per heavy atom. The van der Waals surface area contributed by atoms with Gasteiger partial charge in [0, 0.05) is 19.5 Å². The van der Waals surface area contributed by atoms with Crippen LogP contribution in [-0.2, 0) is 11.3 Å². The number of halogens is 1. The fourth-order valence-electron chi connectivity index (χ4n) is 2.72. The van der Waals surface area contributed by atoms with E-state index >= 15 is 0 Å². The third-order valence-corrected chi connectivity index (χ3v) is 4.11. The summed E-state index contributed by atoms with van der Waals surface area (Å²) in [4.78, 5) is 33.3. The smallest absolute Gasteiger partial charge is 0.352 e. The minimum absolute atomic E-state index is 0.256. The van der Waals surface area contributed by atoms with E-state index in [4.69, 9.17) is 16.3 Å². The lowest BCUT2D eigenvalue weighted by Gasteiger charge is -2.17. The van der Waals surface area contributed by atoms with Crippen LogP contribution in [0.4, 0.5) is 0 Å². The third-order valence-electron chi connectivity index (χ3n) is 3.89. The fourth-order valence-corrected chi connectivity index (χ4v) is 2.84. The van der Waals surface area contributed by atoms with Crippen molar-refractivity contribution in [3.05, 3.63) is 68.2 Å². The maximum atomic E-state index is 12.7. The van der Waals surface area contributed by atoms with E-state index in [9.17, 15) is 9.59 Å². The molecule has 0 spiro atoms. The third kappa shape index (κ3) is 3.47. The number of rotatable bonds is 5. The highest BCUT2D eigenvalue weighted by Crippen LogP contribution is 2.16. The van der Waals surface area contributed by atoms with E-state index in [0.29, 0.717) is 23.1 Å². The standard InChI is InChI=1S/C17H17ClN4O3/c1-11(10-25-2)22-16(23)13-4-3-7-21(15(13)20-17(22)24)9-12-5-6-14(18)19-8-12/h3-8,11H,9-10H2,1-2H3. The van der Waals surface area contributed by atoms with Crippen LogP contribution in [0.15, 0.2) is 46.2 Å². The van der Waals surface area contributed by atoms with Crippen molar-refractivity contribution in [1.82, 2.24) is 19.1 Å². The molecular formula is C17H17ClN4O3. The monoisotopic (exact) mass is 360 g/mol. The molecule has 130 valence electrons. The molecule has 8 heteroatoms. The average Bonchev–Trinajstić information content (AvgIpc) is 2.58. The maximum Gasteiger partial charge on any atom is 0.352 e. The molecular weight excluding hydrogens is 344 g/mol. The van der Waals surface area contributed by atoms with E-state index in [-0.39, 0.29) is 12.2 Å². The van der Waals surface area contributed by atoms with Crippen molar-refractivity contribution >= 4 is 11.6 Å². The first-order valence-electron chi connectivity index (χ1n) is 7.72. The zero-order valence-electron chi connectivity index (χ0n) is 13.8. The molecule has 25 heavy (non-hydrogen) atoms. The number of nitrogens with zero attached hydrogens (tertiary/aromatic N) is 4. The number of ether oxygens (including phenoxy) is 1. The van der Waals surface area contributed by atoms with Gasteiger partial charge in [-0.15, -0.1) is 0 Å². The average molecular weight is 361 g/mol. The number of aromatic nitrogens is 4. The summed E-state index contributed by atoms with van der Waals surface area (Å²) in [5, 5.41) is 0.404. The Morgan fingerprint density at radius 3 is 2.76 bits per heavy atom. The molecule has 1 atom stereocenters. The lowest BCUT2D eigenvalue weighted by molar-refractivity contribution is 0.159. The van der Waals surface area contributed by atoms with Gasteiger partial charge in [-0.2, -0.15) is 4.98 Å². The van der Waals surface area contributed by atoms with Gasteiger partial charge in [-0.25, -0.2) is 9.78 Å². The van der Waals surface area contributed by atoms with Crippen LogP contribution in [0.1, 0.15) is 18.5 Å². The largest absolute Gasteiger partial charge is 0.383 e. The summed E-state index contributed by atoms with van der Waals surface area (Å²) in [7, 11) is 1.52. The van der Waals surface area contributed by atoms with E-state index in [0.717, 1.165) is 10.1 Å². The van der Waals surface area contributed by atoms with Crippen molar-refractivity contribution in [2.75, 3.05) is 13.7 Å². The number of fused-ring (bicyclic) bond motifs is 1. The second-order valence-electron chi connectivity index (χ2n) is 5.74. The zero-order valence-corrected chi connectivity index (χ0v) is 14.6. The van der Waals surface area contributed by atoms with Crippen molar-refractivity contribution in [3.63, 3.8) is 0 Å². The van der Waals surface area contributed by atoms with Crippen molar-refractivity contribution in [2.24, 2.45) is 0 Å². The van der Waals surface area contributed by atoms with Gasteiger partial charge in [0.2, 0.25) is 0 Å². The fraction of sp³-hybridized carbons (Fsp3) is 0.294. The normalized spacial score (nSPS) is 12.4. The number of hydrogen-bond acceptors (Lipinski definition) is 5. The lowest BCUT2D eigenvalue weighted by Crippen LogP contribution is -2.40. The van der Waals surface area contributed by atoms with Gasteiger partial charge in [0.05, 0.1) is 24.8 Å². The molecule has 0 bridgehead atoms. The molecule has 1 aromatic heterocycles. The van der Waals surface area contributed by atoms with Crippen LogP contribution in [0.25, 0.3) is 11.4 Å². The van der Waals surface area contributed by atoms with Crippen LogP contribution in [0.2, 0.25) is 5.15 Å². The Balaban J connectivity index is 2.09. The Morgan fingerprint density at radius 1 is 1.28 bits per heavy atom. The van der Waals surface area contributed by atoms with E-state index in [1.165, 1.54) is 7.11 Å². The van der Waals surface area contributed by atoms with E-state index in [2.05, 4.69) is 9.97 Å². The Labute approximate surface area is 148 Å². The highest BCUT2D eigenvalue weighted by molar-refractivity contribution is 6.29. The summed E-state index contributed by atoms with van der Waals surface area (Å²) in [6.07, 6.45) is 3.42. The zero-order chi connectivity index (χ0) is 18.0. The lowest BCUT2D eigenvalue weighted by atomic mass is 10.2. The topological polar surface area (TPSA) is 79.0 Å². The van der Waals surface area contributed by atoms with Gasteiger partial charge in [-0.3, -0.25) is 9.36 Å². The van der Waals surface area contributed by atoms with Gasteiger partial charge in [0.15, 0.2) is 5.82 Å². The molecule has 0 aliphatic carbocycles. The molecule has 0 radical (unpaired) electrons.